The van der Waals surface area contributed by atoms with Crippen molar-refractivity contribution in [1.29, 1.82) is 0 Å². The lowest BCUT2D eigenvalue weighted by molar-refractivity contribution is 0.0374. The van der Waals surface area contributed by atoms with Crippen LogP contribution in [0, 0.1) is 11.6 Å². The van der Waals surface area contributed by atoms with E-state index >= 15 is 0 Å². The highest BCUT2D eigenvalue weighted by Gasteiger charge is 2.13. The van der Waals surface area contributed by atoms with E-state index in [9.17, 15) is 13.6 Å². The first-order chi connectivity index (χ1) is 17.4. The Labute approximate surface area is 213 Å². The topological polar surface area (TPSA) is 89.7 Å². The molecule has 0 aliphatic carbocycles. The molecule has 3 N–H and O–H groups in total. The smallest absolute Gasteiger partial charge is 0.251 e. The second kappa shape index (κ2) is 12.1. The molecule has 4 rings (SSSR count). The number of benzene rings is 2. The van der Waals surface area contributed by atoms with Gasteiger partial charge in [0.1, 0.15) is 18.2 Å². The molecule has 1 saturated heterocycles. The second-order valence-corrected chi connectivity index (χ2v) is 8.78. The molecule has 1 fully saturated rings. The van der Waals surface area contributed by atoms with Gasteiger partial charge in [0, 0.05) is 48.6 Å². The molecule has 3 aromatic rings. The third-order valence-electron chi connectivity index (χ3n) is 5.85. The molecule has 0 unspecified atom stereocenters. The van der Waals surface area contributed by atoms with Gasteiger partial charge in [0.2, 0.25) is 0 Å². The minimum atomic E-state index is -0.864. The first-order valence-corrected chi connectivity index (χ1v) is 12.0. The van der Waals surface area contributed by atoms with Gasteiger partial charge in [0.15, 0.2) is 11.6 Å². The van der Waals surface area contributed by atoms with Crippen molar-refractivity contribution >= 4 is 23.3 Å². The fourth-order valence-electron chi connectivity index (χ4n) is 3.84. The van der Waals surface area contributed by atoms with Crippen LogP contribution in [0.15, 0.2) is 48.7 Å². The summed E-state index contributed by atoms with van der Waals surface area (Å²) in [5.41, 5.74) is 8.12. The Balaban J connectivity index is 1.34. The maximum atomic E-state index is 13.7. The fourth-order valence-corrected chi connectivity index (χ4v) is 4.01. The molecule has 1 amide bonds. The summed E-state index contributed by atoms with van der Waals surface area (Å²) in [6.07, 6.45) is 2.45. The molecule has 1 aliphatic rings. The van der Waals surface area contributed by atoms with Gasteiger partial charge >= 0.3 is 0 Å². The average Bonchev–Trinajstić information content (AvgIpc) is 2.89. The molecule has 2 heterocycles. The maximum absolute atomic E-state index is 13.7. The van der Waals surface area contributed by atoms with Gasteiger partial charge in [-0.1, -0.05) is 23.7 Å². The van der Waals surface area contributed by atoms with Crippen LogP contribution in [0.5, 0.6) is 5.75 Å². The van der Waals surface area contributed by atoms with Gasteiger partial charge in [-0.25, -0.2) is 13.8 Å². The fraction of sp³-hybridized carbons (Fsp3) is 0.308. The summed E-state index contributed by atoms with van der Waals surface area (Å²) in [7, 11) is 0. The van der Waals surface area contributed by atoms with Gasteiger partial charge < -0.3 is 20.5 Å². The Hall–Kier alpha value is -3.27. The van der Waals surface area contributed by atoms with Gasteiger partial charge in [-0.15, -0.1) is 0 Å². The molecule has 0 spiro atoms. The van der Waals surface area contributed by atoms with Crippen molar-refractivity contribution < 1.29 is 23.0 Å². The van der Waals surface area contributed by atoms with Crippen LogP contribution < -0.4 is 15.8 Å². The van der Waals surface area contributed by atoms with Crippen molar-refractivity contribution in [2.24, 2.45) is 0 Å². The Morgan fingerprint density at radius 1 is 1.14 bits per heavy atom. The Bertz CT molecular complexity index is 1200. The maximum Gasteiger partial charge on any atom is 0.251 e. The van der Waals surface area contributed by atoms with Gasteiger partial charge in [-0.3, -0.25) is 9.69 Å². The van der Waals surface area contributed by atoms with Crippen LogP contribution >= 0.6 is 11.6 Å². The lowest BCUT2D eigenvalue weighted by Crippen LogP contribution is -2.38. The quantitative estimate of drug-likeness (QED) is 0.326. The number of ether oxygens (including phenoxy) is 2. The van der Waals surface area contributed by atoms with Crippen LogP contribution in [0.3, 0.4) is 0 Å². The van der Waals surface area contributed by atoms with E-state index < -0.39 is 11.6 Å². The van der Waals surface area contributed by atoms with E-state index in [0.717, 1.165) is 50.9 Å². The third kappa shape index (κ3) is 6.69. The minimum absolute atomic E-state index is 0.125. The van der Waals surface area contributed by atoms with E-state index in [-0.39, 0.29) is 34.7 Å². The molecule has 0 radical (unpaired) electrons. The van der Waals surface area contributed by atoms with Crippen LogP contribution in [0.1, 0.15) is 22.3 Å². The van der Waals surface area contributed by atoms with Crippen molar-refractivity contribution in [3.05, 3.63) is 76.4 Å². The molecule has 0 bridgehead atoms. The number of pyridine rings is 1. The van der Waals surface area contributed by atoms with Crippen LogP contribution in [0.25, 0.3) is 11.1 Å². The number of hydrogen-bond acceptors (Lipinski definition) is 6. The highest BCUT2D eigenvalue weighted by molar-refractivity contribution is 6.31. The highest BCUT2D eigenvalue weighted by Crippen LogP contribution is 2.29. The Kier molecular flexibility index (Phi) is 8.69. The number of hydrogen-bond donors (Lipinski definition) is 2. The zero-order valence-electron chi connectivity index (χ0n) is 19.6. The van der Waals surface area contributed by atoms with E-state index in [1.807, 2.05) is 0 Å². The summed E-state index contributed by atoms with van der Waals surface area (Å²) in [6.45, 7) is 4.72. The summed E-state index contributed by atoms with van der Waals surface area (Å²) in [6, 6.07) is 10.6. The molecule has 7 nitrogen and oxygen atoms in total. The lowest BCUT2D eigenvalue weighted by Gasteiger charge is -2.26. The number of anilines is 1. The third-order valence-corrected chi connectivity index (χ3v) is 6.28. The Morgan fingerprint density at radius 2 is 1.89 bits per heavy atom. The van der Waals surface area contributed by atoms with E-state index in [1.54, 1.807) is 36.5 Å². The van der Waals surface area contributed by atoms with Crippen molar-refractivity contribution in [2.45, 2.75) is 13.0 Å². The van der Waals surface area contributed by atoms with Gasteiger partial charge in [-0.05, 0) is 42.8 Å². The number of rotatable bonds is 9. The predicted molar refractivity (Wildman–Crippen MR) is 134 cm³/mol. The van der Waals surface area contributed by atoms with Crippen LogP contribution in [-0.2, 0) is 11.3 Å². The molecule has 0 saturated carbocycles. The molecule has 190 valence electrons. The number of nitrogens with two attached hydrogens (primary N) is 1. The molecule has 10 heteroatoms. The van der Waals surface area contributed by atoms with Crippen molar-refractivity contribution in [2.75, 3.05) is 45.1 Å². The van der Waals surface area contributed by atoms with Crippen molar-refractivity contribution in [3.63, 3.8) is 0 Å². The van der Waals surface area contributed by atoms with Crippen LogP contribution in [-0.4, -0.2) is 55.2 Å². The molecule has 36 heavy (non-hydrogen) atoms. The number of amides is 1. The molecule has 2 aromatic carbocycles. The van der Waals surface area contributed by atoms with Gasteiger partial charge in [-0.2, -0.15) is 0 Å². The highest BCUT2D eigenvalue weighted by atomic mass is 35.5. The van der Waals surface area contributed by atoms with Gasteiger partial charge in [0.25, 0.3) is 5.91 Å². The number of nitrogen functional groups attached to an aromatic ring is 1. The monoisotopic (exact) mass is 516 g/mol. The number of nitrogens with zero attached hydrogens (tertiary/aromatic N) is 2. The zero-order chi connectivity index (χ0) is 25.5. The summed E-state index contributed by atoms with van der Waals surface area (Å²) >= 11 is 5.91. The average molecular weight is 517 g/mol. The first-order valence-electron chi connectivity index (χ1n) is 11.6. The number of aromatic nitrogens is 1. The number of halogens is 3. The van der Waals surface area contributed by atoms with E-state index in [0.29, 0.717) is 23.7 Å². The molecule has 0 atom stereocenters. The minimum Gasteiger partial charge on any atom is -0.485 e. The van der Waals surface area contributed by atoms with E-state index in [4.69, 9.17) is 26.8 Å². The second-order valence-electron chi connectivity index (χ2n) is 8.40. The summed E-state index contributed by atoms with van der Waals surface area (Å²) in [4.78, 5) is 19.0. The first kappa shape index (κ1) is 25.8. The summed E-state index contributed by atoms with van der Waals surface area (Å²) < 4.78 is 38.2. The number of carbonyl (C=O) groups excluding carboxylic acids is 1. The normalized spacial score (nSPS) is 14.0. The lowest BCUT2D eigenvalue weighted by atomic mass is 10.0. The zero-order valence-corrected chi connectivity index (χ0v) is 20.4. The van der Waals surface area contributed by atoms with Gasteiger partial charge in [0.05, 0.1) is 18.2 Å². The molecule has 1 aromatic heterocycles. The summed E-state index contributed by atoms with van der Waals surface area (Å²) in [5, 5.41) is 2.74. The molecular weight excluding hydrogens is 490 g/mol. The Morgan fingerprint density at radius 3 is 2.64 bits per heavy atom. The number of morpholine rings is 1. The number of carbonyl (C=O) groups is 1. The van der Waals surface area contributed by atoms with E-state index in [1.165, 1.54) is 0 Å². The number of nitrogens with one attached hydrogen (secondary N) is 1. The van der Waals surface area contributed by atoms with Crippen LogP contribution in [0.2, 0.25) is 5.02 Å². The molecular formula is C26H27ClF2N4O3. The van der Waals surface area contributed by atoms with Crippen LogP contribution in [0.4, 0.5) is 14.6 Å². The van der Waals surface area contributed by atoms with Crippen molar-refractivity contribution in [3.8, 4) is 16.9 Å². The summed E-state index contributed by atoms with van der Waals surface area (Å²) in [5.74, 6) is -1.38. The predicted octanol–water partition coefficient (Wildman–Crippen LogP) is 4.29. The van der Waals surface area contributed by atoms with E-state index in [2.05, 4.69) is 15.2 Å². The van der Waals surface area contributed by atoms with Crippen molar-refractivity contribution in [1.82, 2.24) is 15.2 Å². The largest absolute Gasteiger partial charge is 0.485 e. The molecule has 1 aliphatic heterocycles. The standard InChI is InChI=1S/C26H27ClF2N4O3/c27-24-20(12-21(28)14-22(24)29)16-36-23-13-19(15-32-25(23)30)17-2-4-18(5-3-17)26(34)31-6-1-7-33-8-10-35-11-9-33/h2-5,12-15H,1,6-11,16H2,(H2,30,32)(H,31,34). The SMILES string of the molecule is Nc1ncc(-c2ccc(C(=O)NCCCN3CCOCC3)cc2)cc1OCc1cc(F)cc(F)c1Cl.